The van der Waals surface area contributed by atoms with Crippen molar-refractivity contribution in [3.8, 4) is 0 Å². The van der Waals surface area contributed by atoms with Crippen LogP contribution in [0.3, 0.4) is 0 Å². The summed E-state index contributed by atoms with van der Waals surface area (Å²) in [5.41, 5.74) is 0.693. The first-order chi connectivity index (χ1) is 13.0. The van der Waals surface area contributed by atoms with Gasteiger partial charge in [0.05, 0.1) is 9.77 Å². The van der Waals surface area contributed by atoms with Crippen LogP contribution < -0.4 is 0 Å². The number of thioether (sulfide) groups is 1. The van der Waals surface area contributed by atoms with E-state index in [-0.39, 0.29) is 10.8 Å². The third kappa shape index (κ3) is 3.39. The molecule has 142 valence electrons. The molecular formula is C20H22N2O3S2. The summed E-state index contributed by atoms with van der Waals surface area (Å²) in [6.45, 7) is 1.58. The minimum atomic E-state index is -3.48. The van der Waals surface area contributed by atoms with E-state index in [0.717, 1.165) is 5.75 Å². The van der Waals surface area contributed by atoms with Gasteiger partial charge < -0.3 is 4.90 Å². The first-order valence-corrected chi connectivity index (χ1v) is 11.5. The first-order valence-electron chi connectivity index (χ1n) is 9.09. The highest BCUT2D eigenvalue weighted by atomic mass is 32.2. The lowest BCUT2D eigenvalue weighted by Gasteiger charge is -2.43. The fraction of sp³-hybridized carbons (Fsp3) is 0.350. The van der Waals surface area contributed by atoms with Crippen molar-refractivity contribution in [1.82, 2.24) is 9.21 Å². The van der Waals surface area contributed by atoms with Crippen LogP contribution in [-0.4, -0.2) is 53.8 Å². The molecule has 0 aliphatic carbocycles. The predicted octanol–water partition coefficient (Wildman–Crippen LogP) is 3.06. The Hall–Kier alpha value is -1.83. The summed E-state index contributed by atoms with van der Waals surface area (Å²) in [6, 6.07) is 17.9. The van der Waals surface area contributed by atoms with Crippen molar-refractivity contribution in [2.75, 3.05) is 25.4 Å². The van der Waals surface area contributed by atoms with Gasteiger partial charge in [0.1, 0.15) is 0 Å². The molecule has 1 spiro atoms. The van der Waals surface area contributed by atoms with E-state index in [1.807, 2.05) is 41.3 Å². The molecule has 2 aliphatic heterocycles. The molecule has 0 N–H and O–H groups in total. The van der Waals surface area contributed by atoms with Crippen LogP contribution in [0, 0.1) is 0 Å². The number of nitrogens with zero attached hydrogens (tertiary/aromatic N) is 2. The summed E-state index contributed by atoms with van der Waals surface area (Å²) in [4.78, 5) is 15.0. The van der Waals surface area contributed by atoms with E-state index >= 15 is 0 Å². The van der Waals surface area contributed by atoms with Crippen LogP contribution in [0.5, 0.6) is 0 Å². The van der Waals surface area contributed by atoms with Crippen LogP contribution in [0.25, 0.3) is 0 Å². The zero-order chi connectivity index (χ0) is 18.9. The summed E-state index contributed by atoms with van der Waals surface area (Å²) >= 11 is 1.79. The van der Waals surface area contributed by atoms with Crippen molar-refractivity contribution < 1.29 is 13.2 Å². The van der Waals surface area contributed by atoms with Gasteiger partial charge in [-0.25, -0.2) is 8.42 Å². The number of carbonyl (C=O) groups excluding carboxylic acids is 1. The molecule has 2 heterocycles. The van der Waals surface area contributed by atoms with E-state index in [1.54, 1.807) is 40.3 Å². The summed E-state index contributed by atoms with van der Waals surface area (Å²) in [5, 5.41) is 0. The number of rotatable bonds is 3. The first kappa shape index (κ1) is 18.5. The molecule has 2 aromatic carbocycles. The molecule has 7 heteroatoms. The van der Waals surface area contributed by atoms with Crippen molar-refractivity contribution in [3.05, 3.63) is 66.2 Å². The monoisotopic (exact) mass is 402 g/mol. The van der Waals surface area contributed by atoms with Crippen molar-refractivity contribution in [1.29, 1.82) is 0 Å². The fourth-order valence-corrected chi connectivity index (χ4v) is 6.78. The van der Waals surface area contributed by atoms with Crippen molar-refractivity contribution in [3.63, 3.8) is 0 Å². The van der Waals surface area contributed by atoms with Gasteiger partial charge in [-0.3, -0.25) is 4.79 Å². The minimum Gasteiger partial charge on any atom is -0.323 e. The second-order valence-electron chi connectivity index (χ2n) is 6.83. The number of sulfonamides is 1. The molecule has 1 amide bonds. The largest absolute Gasteiger partial charge is 0.323 e. The van der Waals surface area contributed by atoms with Crippen LogP contribution in [0.15, 0.2) is 65.6 Å². The summed E-state index contributed by atoms with van der Waals surface area (Å²) in [5.74, 6) is 0.935. The molecule has 0 bridgehead atoms. The zero-order valence-electron chi connectivity index (χ0n) is 15.0. The van der Waals surface area contributed by atoms with Gasteiger partial charge in [-0.2, -0.15) is 4.31 Å². The number of hydrogen-bond acceptors (Lipinski definition) is 4. The quantitative estimate of drug-likeness (QED) is 0.792. The molecule has 27 heavy (non-hydrogen) atoms. The van der Waals surface area contributed by atoms with Gasteiger partial charge in [0, 0.05) is 31.0 Å². The Kier molecular flexibility index (Phi) is 5.01. The van der Waals surface area contributed by atoms with Crippen LogP contribution in [0.4, 0.5) is 0 Å². The molecule has 0 aromatic heterocycles. The average Bonchev–Trinajstić information content (AvgIpc) is 3.12. The molecule has 0 saturated carbocycles. The fourth-order valence-electron chi connectivity index (χ4n) is 3.86. The third-order valence-corrected chi connectivity index (χ3v) is 8.79. The smallest absolute Gasteiger partial charge is 0.254 e. The van der Waals surface area contributed by atoms with E-state index in [2.05, 4.69) is 0 Å². The Morgan fingerprint density at radius 2 is 1.48 bits per heavy atom. The maximum atomic E-state index is 13.0. The lowest BCUT2D eigenvalue weighted by Crippen LogP contribution is -2.53. The average molecular weight is 403 g/mol. The molecule has 5 nitrogen and oxygen atoms in total. The predicted molar refractivity (Wildman–Crippen MR) is 107 cm³/mol. The van der Waals surface area contributed by atoms with Gasteiger partial charge in [0.25, 0.3) is 5.91 Å². The zero-order valence-corrected chi connectivity index (χ0v) is 16.6. The van der Waals surface area contributed by atoms with Gasteiger partial charge in [-0.1, -0.05) is 36.4 Å². The van der Waals surface area contributed by atoms with Gasteiger partial charge in [0.15, 0.2) is 0 Å². The van der Waals surface area contributed by atoms with E-state index in [1.165, 1.54) is 0 Å². The van der Waals surface area contributed by atoms with Crippen LogP contribution in [0.1, 0.15) is 23.2 Å². The third-order valence-electron chi connectivity index (χ3n) is 5.33. The van der Waals surface area contributed by atoms with Gasteiger partial charge in [-0.05, 0) is 37.1 Å². The highest BCUT2D eigenvalue weighted by Gasteiger charge is 2.48. The van der Waals surface area contributed by atoms with Gasteiger partial charge in [0.2, 0.25) is 10.0 Å². The van der Waals surface area contributed by atoms with Gasteiger partial charge >= 0.3 is 0 Å². The normalized spacial score (nSPS) is 20.1. The molecule has 2 saturated heterocycles. The molecule has 0 atom stereocenters. The van der Waals surface area contributed by atoms with E-state index < -0.39 is 10.0 Å². The minimum absolute atomic E-state index is 0.0416. The van der Waals surface area contributed by atoms with Crippen molar-refractivity contribution >= 4 is 27.7 Å². The lowest BCUT2D eigenvalue weighted by atomic mass is 10.0. The summed E-state index contributed by atoms with van der Waals surface area (Å²) in [7, 11) is -3.48. The maximum absolute atomic E-state index is 13.0. The van der Waals surface area contributed by atoms with Crippen molar-refractivity contribution in [2.24, 2.45) is 0 Å². The summed E-state index contributed by atoms with van der Waals surface area (Å²) in [6.07, 6.45) is 1.31. The molecule has 2 aliphatic rings. The highest BCUT2D eigenvalue weighted by molar-refractivity contribution is 8.00. The SMILES string of the molecule is O=C(c1ccccc1)N1CCSC12CCN(S(=O)(=O)c1ccccc1)CC2. The second-order valence-corrected chi connectivity index (χ2v) is 10.2. The molecule has 0 unspecified atom stereocenters. The number of amides is 1. The Morgan fingerprint density at radius 1 is 0.889 bits per heavy atom. The van der Waals surface area contributed by atoms with E-state index in [4.69, 9.17) is 0 Å². The lowest BCUT2D eigenvalue weighted by molar-refractivity contribution is 0.0605. The van der Waals surface area contributed by atoms with Crippen LogP contribution in [0.2, 0.25) is 0 Å². The number of benzene rings is 2. The standard InChI is InChI=1S/C20H22N2O3S2/c23-19(17-7-3-1-4-8-17)22-15-16-26-20(22)11-13-21(14-12-20)27(24,25)18-9-5-2-6-10-18/h1-10H,11-16H2. The van der Waals surface area contributed by atoms with Crippen LogP contribution in [-0.2, 0) is 10.0 Å². The van der Waals surface area contributed by atoms with E-state index in [0.29, 0.717) is 42.9 Å². The molecule has 2 aromatic rings. The molecule has 4 rings (SSSR count). The second kappa shape index (κ2) is 7.30. The Balaban J connectivity index is 1.51. The number of hydrogen-bond donors (Lipinski definition) is 0. The Morgan fingerprint density at radius 3 is 2.11 bits per heavy atom. The Bertz CT molecular complexity index is 909. The van der Waals surface area contributed by atoms with E-state index in [9.17, 15) is 13.2 Å². The van der Waals surface area contributed by atoms with Gasteiger partial charge in [-0.15, -0.1) is 11.8 Å². The van der Waals surface area contributed by atoms with Crippen LogP contribution >= 0.6 is 11.8 Å². The maximum Gasteiger partial charge on any atom is 0.254 e. The molecular weight excluding hydrogens is 380 g/mol. The number of piperidine rings is 1. The topological polar surface area (TPSA) is 57.7 Å². The molecule has 0 radical (unpaired) electrons. The molecule has 2 fully saturated rings. The highest BCUT2D eigenvalue weighted by Crippen LogP contribution is 2.45. The Labute approximate surface area is 164 Å². The number of carbonyl (C=O) groups is 1. The summed E-state index contributed by atoms with van der Waals surface area (Å²) < 4.78 is 27.3. The van der Waals surface area contributed by atoms with Crippen molar-refractivity contribution in [2.45, 2.75) is 22.6 Å².